The number of carbonyl (C=O) groups is 1. The second-order valence-corrected chi connectivity index (χ2v) is 3.23. The van der Waals surface area contributed by atoms with Gasteiger partial charge in [0.05, 0.1) is 5.75 Å². The number of rotatable bonds is 4. The third-order valence-electron chi connectivity index (χ3n) is 0.914. The van der Waals surface area contributed by atoms with E-state index < -0.39 is 0 Å². The van der Waals surface area contributed by atoms with E-state index in [0.717, 1.165) is 0 Å². The molecule has 0 aliphatic carbocycles. The van der Waals surface area contributed by atoms with Crippen LogP contribution in [0.15, 0.2) is 0 Å². The summed E-state index contributed by atoms with van der Waals surface area (Å²) in [5, 5.41) is 2.74. The number of carbonyl (C=O) groups excluding carboxylic acids is 1. The lowest BCUT2D eigenvalue weighted by Gasteiger charge is -2.08. The lowest BCUT2D eigenvalue weighted by atomic mass is 10.4. The summed E-state index contributed by atoms with van der Waals surface area (Å²) < 4.78 is 0. The van der Waals surface area contributed by atoms with Crippen molar-refractivity contribution in [2.75, 3.05) is 17.9 Å². The van der Waals surface area contributed by atoms with Gasteiger partial charge < -0.3 is 5.32 Å². The van der Waals surface area contributed by atoms with Gasteiger partial charge in [-0.2, -0.15) is 11.8 Å². The molecule has 60 valence electrons. The van der Waals surface area contributed by atoms with E-state index in [-0.39, 0.29) is 11.9 Å². The van der Waals surface area contributed by atoms with Crippen molar-refractivity contribution in [3.63, 3.8) is 0 Å². The predicted octanol–water partition coefficient (Wildman–Crippen LogP) is 1.09. The van der Waals surface area contributed by atoms with Crippen LogP contribution in [0.2, 0.25) is 0 Å². The molecule has 0 aliphatic heterocycles. The Morgan fingerprint density at radius 2 is 2.40 bits per heavy atom. The molecule has 0 aromatic heterocycles. The number of thioether (sulfide) groups is 1. The van der Waals surface area contributed by atoms with Crippen LogP contribution in [0, 0.1) is 0 Å². The number of hydrogen-bond acceptors (Lipinski definition) is 2. The van der Waals surface area contributed by atoms with Crippen molar-refractivity contribution < 1.29 is 4.79 Å². The number of nitrogens with one attached hydrogen (secondary N) is 1. The first-order chi connectivity index (χ1) is 4.70. The van der Waals surface area contributed by atoms with Crippen LogP contribution >= 0.6 is 23.4 Å². The molecule has 0 fully saturated rings. The summed E-state index contributed by atoms with van der Waals surface area (Å²) in [4.78, 5) is 10.8. The number of halogens is 1. The molecule has 0 saturated carbocycles. The minimum absolute atomic E-state index is 0.0562. The quantitative estimate of drug-likeness (QED) is 0.659. The Labute approximate surface area is 70.7 Å². The highest BCUT2D eigenvalue weighted by Gasteiger charge is 2.03. The summed E-state index contributed by atoms with van der Waals surface area (Å²) in [5.41, 5.74) is 0. The normalized spacial score (nSPS) is 12.7. The molecule has 2 nitrogen and oxygen atoms in total. The first-order valence-corrected chi connectivity index (χ1v) is 4.97. The summed E-state index contributed by atoms with van der Waals surface area (Å²) in [5.74, 6) is 1.04. The molecule has 1 amide bonds. The molecule has 0 spiro atoms. The Hall–Kier alpha value is 0.110. The molecule has 0 bridgehead atoms. The number of alkyl halides is 1. The van der Waals surface area contributed by atoms with Crippen molar-refractivity contribution in [3.05, 3.63) is 0 Å². The first-order valence-electron chi connectivity index (χ1n) is 3.05. The van der Waals surface area contributed by atoms with Crippen molar-refractivity contribution in [3.8, 4) is 0 Å². The molecule has 1 N–H and O–H groups in total. The maximum atomic E-state index is 10.8. The van der Waals surface area contributed by atoms with Crippen LogP contribution in [0.5, 0.6) is 0 Å². The second-order valence-electron chi connectivity index (χ2n) is 2.06. The Kier molecular flexibility index (Phi) is 5.93. The van der Waals surface area contributed by atoms with Crippen molar-refractivity contribution in [1.29, 1.82) is 0 Å². The van der Waals surface area contributed by atoms with E-state index in [0.29, 0.717) is 11.6 Å². The van der Waals surface area contributed by atoms with Crippen LogP contribution < -0.4 is 5.32 Å². The molecule has 1 unspecified atom stereocenters. The maximum absolute atomic E-state index is 10.8. The van der Waals surface area contributed by atoms with Crippen molar-refractivity contribution in [2.45, 2.75) is 13.0 Å². The molecular formula is C6H12ClNOS. The Bertz CT molecular complexity index is 110. The van der Waals surface area contributed by atoms with Gasteiger partial charge in [-0.3, -0.25) is 4.79 Å². The number of amides is 1. The standard InChI is InChI=1S/C6H12ClNOS/c1-5(3-7)8-6(9)4-10-2/h5H,3-4H2,1-2H3,(H,8,9). The fourth-order valence-corrected chi connectivity index (χ4v) is 0.909. The van der Waals surface area contributed by atoms with Gasteiger partial charge in [0.25, 0.3) is 0 Å². The average Bonchev–Trinajstić information content (AvgIpc) is 1.88. The fourth-order valence-electron chi connectivity index (χ4n) is 0.486. The summed E-state index contributed by atoms with van der Waals surface area (Å²) in [7, 11) is 0. The molecule has 0 aromatic rings. The smallest absolute Gasteiger partial charge is 0.230 e. The largest absolute Gasteiger partial charge is 0.352 e. The van der Waals surface area contributed by atoms with Crippen molar-refractivity contribution in [2.24, 2.45) is 0 Å². The van der Waals surface area contributed by atoms with Gasteiger partial charge in [0.15, 0.2) is 0 Å². The highest BCUT2D eigenvalue weighted by atomic mass is 35.5. The van der Waals surface area contributed by atoms with Crippen LogP contribution in [-0.2, 0) is 4.79 Å². The third-order valence-corrected chi connectivity index (χ3v) is 1.93. The SMILES string of the molecule is CSCC(=O)NC(C)CCl. The molecule has 0 radical (unpaired) electrons. The lowest BCUT2D eigenvalue weighted by Crippen LogP contribution is -2.34. The van der Waals surface area contributed by atoms with Crippen LogP contribution in [0.25, 0.3) is 0 Å². The lowest BCUT2D eigenvalue weighted by molar-refractivity contribution is -0.119. The zero-order valence-corrected chi connectivity index (χ0v) is 7.76. The van der Waals surface area contributed by atoms with Gasteiger partial charge in [-0.15, -0.1) is 11.6 Å². The van der Waals surface area contributed by atoms with Crippen molar-refractivity contribution >= 4 is 29.3 Å². The van der Waals surface area contributed by atoms with E-state index in [1.165, 1.54) is 11.8 Å². The zero-order valence-electron chi connectivity index (χ0n) is 6.19. The van der Waals surface area contributed by atoms with Crippen molar-refractivity contribution in [1.82, 2.24) is 5.32 Å². The van der Waals surface area contributed by atoms with Gasteiger partial charge in [0.2, 0.25) is 5.91 Å². The minimum atomic E-state index is 0.0562. The van der Waals surface area contributed by atoms with Crippen LogP contribution in [0.4, 0.5) is 0 Å². The van der Waals surface area contributed by atoms with Gasteiger partial charge in [-0.25, -0.2) is 0 Å². The summed E-state index contributed by atoms with van der Waals surface area (Å²) in [6.45, 7) is 1.88. The van der Waals surface area contributed by atoms with E-state index in [1.54, 1.807) is 0 Å². The van der Waals surface area contributed by atoms with E-state index in [1.807, 2.05) is 13.2 Å². The molecular weight excluding hydrogens is 170 g/mol. The van der Waals surface area contributed by atoms with E-state index in [9.17, 15) is 4.79 Å². The zero-order chi connectivity index (χ0) is 7.98. The molecule has 0 saturated heterocycles. The van der Waals surface area contributed by atoms with Gasteiger partial charge in [0, 0.05) is 11.9 Å². The summed E-state index contributed by atoms with van der Waals surface area (Å²) >= 11 is 6.98. The molecule has 0 aromatic carbocycles. The van der Waals surface area contributed by atoms with E-state index >= 15 is 0 Å². The molecule has 4 heteroatoms. The van der Waals surface area contributed by atoms with E-state index in [2.05, 4.69) is 5.32 Å². The fraction of sp³-hybridized carbons (Fsp3) is 0.833. The Balaban J connectivity index is 3.37. The Morgan fingerprint density at radius 3 is 2.80 bits per heavy atom. The highest BCUT2D eigenvalue weighted by molar-refractivity contribution is 7.99. The van der Waals surface area contributed by atoms with Gasteiger partial charge in [0.1, 0.15) is 0 Å². The second kappa shape index (κ2) is 5.86. The first kappa shape index (κ1) is 10.1. The van der Waals surface area contributed by atoms with Gasteiger partial charge in [-0.05, 0) is 13.2 Å². The molecule has 10 heavy (non-hydrogen) atoms. The Morgan fingerprint density at radius 1 is 1.80 bits per heavy atom. The monoisotopic (exact) mass is 181 g/mol. The highest BCUT2D eigenvalue weighted by Crippen LogP contribution is 1.91. The molecule has 0 heterocycles. The maximum Gasteiger partial charge on any atom is 0.230 e. The third kappa shape index (κ3) is 4.94. The minimum Gasteiger partial charge on any atom is -0.352 e. The topological polar surface area (TPSA) is 29.1 Å². The van der Waals surface area contributed by atoms with Gasteiger partial charge in [-0.1, -0.05) is 0 Å². The van der Waals surface area contributed by atoms with Crippen LogP contribution in [0.1, 0.15) is 6.92 Å². The van der Waals surface area contributed by atoms with E-state index in [4.69, 9.17) is 11.6 Å². The van der Waals surface area contributed by atoms with Crippen LogP contribution in [-0.4, -0.2) is 29.8 Å². The van der Waals surface area contributed by atoms with Gasteiger partial charge >= 0.3 is 0 Å². The van der Waals surface area contributed by atoms with Crippen LogP contribution in [0.3, 0.4) is 0 Å². The number of hydrogen-bond donors (Lipinski definition) is 1. The average molecular weight is 182 g/mol. The molecule has 1 atom stereocenters. The molecule has 0 rings (SSSR count). The summed E-state index contributed by atoms with van der Waals surface area (Å²) in [6, 6.07) is 0.0846. The summed E-state index contributed by atoms with van der Waals surface area (Å²) in [6.07, 6.45) is 1.89. The predicted molar refractivity (Wildman–Crippen MR) is 46.7 cm³/mol. The molecule has 0 aliphatic rings.